The second-order valence-corrected chi connectivity index (χ2v) is 3.82. The van der Waals surface area contributed by atoms with Gasteiger partial charge in [-0.15, -0.1) is 0 Å². The third-order valence-corrected chi connectivity index (χ3v) is 2.77. The first kappa shape index (κ1) is 10.5. The number of hydroxylamine groups is 1. The molecule has 2 atom stereocenters. The van der Waals surface area contributed by atoms with Crippen LogP contribution in [0.15, 0.2) is 0 Å². The number of rotatable bonds is 3. The van der Waals surface area contributed by atoms with E-state index >= 15 is 0 Å². The Labute approximate surface area is 78.7 Å². The van der Waals surface area contributed by atoms with E-state index in [0.29, 0.717) is 18.3 Å². The van der Waals surface area contributed by atoms with Crippen molar-refractivity contribution in [1.29, 1.82) is 0 Å². The summed E-state index contributed by atoms with van der Waals surface area (Å²) >= 11 is 0. The highest BCUT2D eigenvalue weighted by Crippen LogP contribution is 2.22. The highest BCUT2D eigenvalue weighted by Gasteiger charge is 2.21. The summed E-state index contributed by atoms with van der Waals surface area (Å²) in [6.07, 6.45) is 2.80. The third-order valence-electron chi connectivity index (χ3n) is 2.77. The van der Waals surface area contributed by atoms with E-state index in [9.17, 15) is 4.79 Å². The van der Waals surface area contributed by atoms with E-state index < -0.39 is 0 Å². The van der Waals surface area contributed by atoms with Gasteiger partial charge >= 0.3 is 0 Å². The molecule has 0 bridgehead atoms. The van der Waals surface area contributed by atoms with Crippen LogP contribution in [0.3, 0.4) is 0 Å². The Morgan fingerprint density at radius 1 is 1.77 bits per heavy atom. The van der Waals surface area contributed by atoms with E-state index in [-0.39, 0.29) is 5.91 Å². The lowest BCUT2D eigenvalue weighted by Crippen LogP contribution is -2.35. The zero-order valence-corrected chi connectivity index (χ0v) is 8.05. The fourth-order valence-corrected chi connectivity index (χ4v) is 1.87. The zero-order valence-electron chi connectivity index (χ0n) is 8.05. The molecule has 1 heterocycles. The van der Waals surface area contributed by atoms with Gasteiger partial charge in [0.15, 0.2) is 0 Å². The number of hydrogen-bond acceptors (Lipinski definition) is 3. The number of piperidine rings is 1. The van der Waals surface area contributed by atoms with Crippen molar-refractivity contribution in [3.63, 3.8) is 0 Å². The molecule has 0 spiro atoms. The Kier molecular flexibility index (Phi) is 4.18. The fraction of sp³-hybridized carbons (Fsp3) is 0.889. The summed E-state index contributed by atoms with van der Waals surface area (Å²) in [6.45, 7) is 4.15. The summed E-state index contributed by atoms with van der Waals surface area (Å²) in [7, 11) is 0. The monoisotopic (exact) mass is 186 g/mol. The Hall–Kier alpha value is -0.610. The largest absolute Gasteiger partial charge is 0.316 e. The van der Waals surface area contributed by atoms with Gasteiger partial charge in [-0.25, -0.2) is 5.48 Å². The Balaban J connectivity index is 2.28. The Morgan fingerprint density at radius 2 is 2.54 bits per heavy atom. The molecule has 1 amide bonds. The van der Waals surface area contributed by atoms with E-state index in [1.54, 1.807) is 5.48 Å². The first-order valence-electron chi connectivity index (χ1n) is 4.87. The predicted molar refractivity (Wildman–Crippen MR) is 49.3 cm³/mol. The van der Waals surface area contributed by atoms with Gasteiger partial charge in [0.25, 0.3) is 0 Å². The molecular weight excluding hydrogens is 168 g/mol. The highest BCUT2D eigenvalue weighted by atomic mass is 16.5. The van der Waals surface area contributed by atoms with Crippen molar-refractivity contribution in [2.24, 2.45) is 11.8 Å². The first-order chi connectivity index (χ1) is 6.24. The topological polar surface area (TPSA) is 61.4 Å². The van der Waals surface area contributed by atoms with E-state index in [1.165, 1.54) is 12.8 Å². The molecule has 0 aromatic rings. The first-order valence-corrected chi connectivity index (χ1v) is 4.87. The van der Waals surface area contributed by atoms with Crippen LogP contribution >= 0.6 is 0 Å². The van der Waals surface area contributed by atoms with Crippen LogP contribution in [0.25, 0.3) is 0 Å². The second kappa shape index (κ2) is 5.19. The molecule has 1 aliphatic heterocycles. The average Bonchev–Trinajstić information content (AvgIpc) is 2.19. The molecule has 1 rings (SSSR count). The summed E-state index contributed by atoms with van der Waals surface area (Å²) < 4.78 is 0. The van der Waals surface area contributed by atoms with E-state index in [1.807, 2.05) is 0 Å². The molecule has 0 aromatic heterocycles. The molecule has 3 N–H and O–H groups in total. The molecule has 0 aromatic carbocycles. The maximum absolute atomic E-state index is 10.9. The lowest BCUT2D eigenvalue weighted by molar-refractivity contribution is -0.130. The van der Waals surface area contributed by atoms with Crippen LogP contribution < -0.4 is 10.8 Å². The standard InChI is InChI=1S/C9H18N2O2/c1-7(5-9(12)11-13)8-3-2-4-10-6-8/h7-8,10,13H,2-6H2,1H3,(H,11,12). The van der Waals surface area contributed by atoms with Crippen molar-refractivity contribution < 1.29 is 10.0 Å². The third kappa shape index (κ3) is 3.32. The molecule has 1 aliphatic rings. The maximum atomic E-state index is 10.9. The predicted octanol–water partition coefficient (Wildman–Crippen LogP) is 0.518. The van der Waals surface area contributed by atoms with Crippen molar-refractivity contribution >= 4 is 5.91 Å². The van der Waals surface area contributed by atoms with Crippen LogP contribution in [0.5, 0.6) is 0 Å². The number of carbonyl (C=O) groups is 1. The SMILES string of the molecule is CC(CC(=O)NO)C1CCCNC1. The minimum Gasteiger partial charge on any atom is -0.316 e. The molecule has 1 fully saturated rings. The van der Waals surface area contributed by atoms with E-state index in [2.05, 4.69) is 12.2 Å². The molecule has 76 valence electrons. The van der Waals surface area contributed by atoms with Crippen molar-refractivity contribution in [1.82, 2.24) is 10.8 Å². The molecule has 1 saturated heterocycles. The normalized spacial score (nSPS) is 25.2. The molecular formula is C9H18N2O2. The van der Waals surface area contributed by atoms with Gasteiger partial charge in [0.05, 0.1) is 0 Å². The van der Waals surface area contributed by atoms with Gasteiger partial charge < -0.3 is 5.32 Å². The molecule has 2 unspecified atom stereocenters. The maximum Gasteiger partial charge on any atom is 0.243 e. The van der Waals surface area contributed by atoms with Crippen LogP contribution in [-0.2, 0) is 4.79 Å². The van der Waals surface area contributed by atoms with Crippen molar-refractivity contribution in [3.05, 3.63) is 0 Å². The summed E-state index contributed by atoms with van der Waals surface area (Å²) in [5.74, 6) is 0.643. The van der Waals surface area contributed by atoms with Gasteiger partial charge in [-0.2, -0.15) is 0 Å². The van der Waals surface area contributed by atoms with Crippen molar-refractivity contribution in [2.45, 2.75) is 26.2 Å². The van der Waals surface area contributed by atoms with Gasteiger partial charge in [0.1, 0.15) is 0 Å². The number of amides is 1. The summed E-state index contributed by atoms with van der Waals surface area (Å²) in [5.41, 5.74) is 1.68. The van der Waals surface area contributed by atoms with Gasteiger partial charge in [-0.1, -0.05) is 6.92 Å². The Morgan fingerprint density at radius 3 is 3.08 bits per heavy atom. The number of carbonyl (C=O) groups excluding carboxylic acids is 1. The summed E-state index contributed by atoms with van der Waals surface area (Å²) in [6, 6.07) is 0. The van der Waals surface area contributed by atoms with Gasteiger partial charge in [-0.3, -0.25) is 10.0 Å². The molecule has 0 saturated carbocycles. The van der Waals surface area contributed by atoms with Crippen LogP contribution in [0.1, 0.15) is 26.2 Å². The van der Waals surface area contributed by atoms with Crippen molar-refractivity contribution in [2.75, 3.05) is 13.1 Å². The Bertz CT molecular complexity index is 167. The van der Waals surface area contributed by atoms with Crippen LogP contribution in [0.2, 0.25) is 0 Å². The lowest BCUT2D eigenvalue weighted by Gasteiger charge is -2.27. The molecule has 4 nitrogen and oxygen atoms in total. The molecule has 13 heavy (non-hydrogen) atoms. The minimum atomic E-state index is -0.280. The number of hydrogen-bond donors (Lipinski definition) is 3. The molecule has 0 aliphatic carbocycles. The zero-order chi connectivity index (χ0) is 9.68. The second-order valence-electron chi connectivity index (χ2n) is 3.82. The van der Waals surface area contributed by atoms with Gasteiger partial charge in [0, 0.05) is 6.42 Å². The van der Waals surface area contributed by atoms with Crippen LogP contribution in [0.4, 0.5) is 0 Å². The lowest BCUT2D eigenvalue weighted by atomic mass is 9.85. The average molecular weight is 186 g/mol. The summed E-state index contributed by atoms with van der Waals surface area (Å²) in [4.78, 5) is 10.9. The highest BCUT2D eigenvalue weighted by molar-refractivity contribution is 5.74. The minimum absolute atomic E-state index is 0.280. The number of nitrogens with one attached hydrogen (secondary N) is 2. The smallest absolute Gasteiger partial charge is 0.243 e. The quantitative estimate of drug-likeness (QED) is 0.445. The van der Waals surface area contributed by atoms with E-state index in [0.717, 1.165) is 13.1 Å². The fourth-order valence-electron chi connectivity index (χ4n) is 1.87. The van der Waals surface area contributed by atoms with Crippen molar-refractivity contribution in [3.8, 4) is 0 Å². The van der Waals surface area contributed by atoms with Gasteiger partial charge in [0.2, 0.25) is 5.91 Å². The van der Waals surface area contributed by atoms with Crippen LogP contribution in [0, 0.1) is 11.8 Å². The summed E-state index contributed by atoms with van der Waals surface area (Å²) in [5, 5.41) is 11.7. The van der Waals surface area contributed by atoms with Crippen LogP contribution in [-0.4, -0.2) is 24.2 Å². The molecule has 4 heteroatoms. The van der Waals surface area contributed by atoms with E-state index in [4.69, 9.17) is 5.21 Å². The van der Waals surface area contributed by atoms with Gasteiger partial charge in [-0.05, 0) is 37.8 Å². The molecule has 0 radical (unpaired) electrons.